The molecule has 0 atom stereocenters. The monoisotopic (exact) mass is 423 g/mol. The molecule has 4 aromatic rings. The van der Waals surface area contributed by atoms with E-state index in [1.807, 2.05) is 30.5 Å². The van der Waals surface area contributed by atoms with E-state index in [0.717, 1.165) is 17.0 Å². The van der Waals surface area contributed by atoms with Crippen molar-refractivity contribution in [3.8, 4) is 23.3 Å². The summed E-state index contributed by atoms with van der Waals surface area (Å²) in [6, 6.07) is 15.0. The molecule has 0 saturated heterocycles. The molecule has 0 saturated carbocycles. The van der Waals surface area contributed by atoms with E-state index in [1.54, 1.807) is 28.4 Å². The normalized spacial score (nSPS) is 11.0. The number of sulfonamides is 1. The van der Waals surface area contributed by atoms with Gasteiger partial charge in [0.2, 0.25) is 0 Å². The average molecular weight is 423 g/mol. The molecule has 0 fully saturated rings. The molecule has 0 aliphatic rings. The van der Waals surface area contributed by atoms with Crippen LogP contribution in [0.5, 0.6) is 11.5 Å². The number of hydrogen-bond acceptors (Lipinski definition) is 7. The third-order valence-electron chi connectivity index (χ3n) is 3.87. The summed E-state index contributed by atoms with van der Waals surface area (Å²) in [6.45, 7) is 0. The lowest BCUT2D eigenvalue weighted by atomic mass is 10.2. The molecule has 0 aliphatic carbocycles. The molecular weight excluding hydrogens is 410 g/mol. The van der Waals surface area contributed by atoms with Crippen LogP contribution < -0.4 is 9.46 Å². The average Bonchev–Trinajstić information content (AvgIpc) is 3.43. The van der Waals surface area contributed by atoms with Gasteiger partial charge in [0.1, 0.15) is 17.6 Å². The molecule has 2 aromatic heterocycles. The van der Waals surface area contributed by atoms with Gasteiger partial charge in [-0.05, 0) is 48.5 Å². The second kappa shape index (κ2) is 7.75. The van der Waals surface area contributed by atoms with Gasteiger partial charge in [0.15, 0.2) is 5.13 Å². The van der Waals surface area contributed by atoms with Crippen LogP contribution in [0.25, 0.3) is 5.69 Å². The largest absolute Gasteiger partial charge is 0.456 e. The van der Waals surface area contributed by atoms with Crippen LogP contribution in [0.15, 0.2) is 77.4 Å². The Bertz CT molecular complexity index is 1260. The van der Waals surface area contributed by atoms with Gasteiger partial charge in [0.25, 0.3) is 10.0 Å². The Kier molecular flexibility index (Phi) is 4.99. The van der Waals surface area contributed by atoms with Gasteiger partial charge in [-0.3, -0.25) is 4.72 Å². The predicted molar refractivity (Wildman–Crippen MR) is 108 cm³/mol. The Balaban J connectivity index is 1.56. The van der Waals surface area contributed by atoms with Gasteiger partial charge in [0, 0.05) is 24.0 Å². The number of aromatic nitrogens is 3. The number of thiazole rings is 1. The molecule has 4 rings (SSSR count). The summed E-state index contributed by atoms with van der Waals surface area (Å²) < 4.78 is 34.8. The van der Waals surface area contributed by atoms with Gasteiger partial charge >= 0.3 is 0 Å². The van der Waals surface area contributed by atoms with Crippen LogP contribution >= 0.6 is 11.3 Å². The summed E-state index contributed by atoms with van der Waals surface area (Å²) in [7, 11) is -3.85. The van der Waals surface area contributed by atoms with Crippen molar-refractivity contribution >= 4 is 26.5 Å². The van der Waals surface area contributed by atoms with Crippen LogP contribution in [0.3, 0.4) is 0 Å². The van der Waals surface area contributed by atoms with Crippen molar-refractivity contribution in [1.29, 1.82) is 5.26 Å². The molecular formula is C19H13N5O3S2. The fraction of sp³-hybridized carbons (Fsp3) is 0. The van der Waals surface area contributed by atoms with Gasteiger partial charge in [-0.15, -0.1) is 11.3 Å². The minimum absolute atomic E-state index is 0.0503. The highest BCUT2D eigenvalue weighted by atomic mass is 32.2. The van der Waals surface area contributed by atoms with Gasteiger partial charge in [-0.25, -0.2) is 18.1 Å². The van der Waals surface area contributed by atoms with Crippen molar-refractivity contribution in [3.05, 3.63) is 78.1 Å². The molecule has 29 heavy (non-hydrogen) atoms. The van der Waals surface area contributed by atoms with E-state index in [2.05, 4.69) is 14.8 Å². The quantitative estimate of drug-likeness (QED) is 0.505. The third-order valence-corrected chi connectivity index (χ3v) is 6.02. The van der Waals surface area contributed by atoms with Gasteiger partial charge < -0.3 is 4.74 Å². The number of benzene rings is 2. The minimum atomic E-state index is -3.85. The Morgan fingerprint density at radius 2 is 1.97 bits per heavy atom. The van der Waals surface area contributed by atoms with Crippen LogP contribution in [0.2, 0.25) is 0 Å². The van der Waals surface area contributed by atoms with Gasteiger partial charge in [-0.2, -0.15) is 10.4 Å². The smallest absolute Gasteiger partial charge is 0.263 e. The molecule has 1 N–H and O–H groups in total. The number of nitriles is 1. The first-order valence-corrected chi connectivity index (χ1v) is 10.7. The number of hydrogen-bond donors (Lipinski definition) is 1. The molecule has 8 nitrogen and oxygen atoms in total. The van der Waals surface area contributed by atoms with Crippen LogP contribution in [0, 0.1) is 11.3 Å². The fourth-order valence-corrected chi connectivity index (χ4v) is 4.33. The number of ether oxygens (including phenoxy) is 1. The Hall–Kier alpha value is -3.68. The lowest BCUT2D eigenvalue weighted by molar-refractivity contribution is 0.480. The summed E-state index contributed by atoms with van der Waals surface area (Å²) in [6.07, 6.45) is 5.00. The maximum absolute atomic E-state index is 12.5. The van der Waals surface area contributed by atoms with E-state index in [4.69, 9.17) is 4.74 Å². The van der Waals surface area contributed by atoms with Crippen LogP contribution in [-0.4, -0.2) is 23.2 Å². The van der Waals surface area contributed by atoms with Crippen LogP contribution in [-0.2, 0) is 10.0 Å². The first kappa shape index (κ1) is 18.7. The van der Waals surface area contributed by atoms with Crippen molar-refractivity contribution in [3.63, 3.8) is 0 Å². The second-order valence-corrected chi connectivity index (χ2v) is 8.34. The zero-order valence-corrected chi connectivity index (χ0v) is 16.4. The van der Waals surface area contributed by atoms with Gasteiger partial charge in [0.05, 0.1) is 16.1 Å². The predicted octanol–water partition coefficient (Wildman–Crippen LogP) is 3.79. The third kappa shape index (κ3) is 4.11. The molecule has 0 bridgehead atoms. The molecule has 144 valence electrons. The zero-order chi connectivity index (χ0) is 20.3. The Morgan fingerprint density at radius 1 is 1.14 bits per heavy atom. The number of anilines is 1. The lowest BCUT2D eigenvalue weighted by Gasteiger charge is -2.10. The highest BCUT2D eigenvalue weighted by molar-refractivity contribution is 7.93. The molecule has 0 radical (unpaired) electrons. The standard InChI is InChI=1S/C19H13N5O3S2/c20-13-14-12-17(29(25,26)23-19-21-9-11-28-19)6-7-18(14)27-16-4-2-15(3-5-16)24-10-1-8-22-24/h1-12H,(H,21,23). The SMILES string of the molecule is N#Cc1cc(S(=O)(=O)Nc2nccs2)ccc1Oc1ccc(-n2cccn2)cc1. The second-order valence-electron chi connectivity index (χ2n) is 5.76. The van der Waals surface area contributed by atoms with Crippen LogP contribution in [0.1, 0.15) is 5.56 Å². The van der Waals surface area contributed by atoms with Crippen molar-refractivity contribution in [2.24, 2.45) is 0 Å². The number of nitrogens with one attached hydrogen (secondary N) is 1. The number of nitrogens with zero attached hydrogens (tertiary/aromatic N) is 4. The molecule has 2 heterocycles. The summed E-state index contributed by atoms with van der Waals surface area (Å²) >= 11 is 1.16. The maximum atomic E-state index is 12.5. The first-order valence-electron chi connectivity index (χ1n) is 8.29. The summed E-state index contributed by atoms with van der Waals surface area (Å²) in [4.78, 5) is 3.85. The van der Waals surface area contributed by atoms with E-state index in [-0.39, 0.29) is 21.3 Å². The van der Waals surface area contributed by atoms with E-state index in [9.17, 15) is 13.7 Å². The summed E-state index contributed by atoms with van der Waals surface area (Å²) in [5, 5.41) is 15.5. The topological polar surface area (TPSA) is 110 Å². The van der Waals surface area contributed by atoms with Crippen molar-refractivity contribution in [2.75, 3.05) is 4.72 Å². The molecule has 0 aliphatic heterocycles. The molecule has 0 unspecified atom stereocenters. The Morgan fingerprint density at radius 3 is 2.62 bits per heavy atom. The van der Waals surface area contributed by atoms with E-state index >= 15 is 0 Å². The fourth-order valence-electron chi connectivity index (χ4n) is 2.52. The van der Waals surface area contributed by atoms with Crippen molar-refractivity contribution in [1.82, 2.24) is 14.8 Å². The van der Waals surface area contributed by atoms with Crippen molar-refractivity contribution < 1.29 is 13.2 Å². The van der Waals surface area contributed by atoms with Gasteiger partial charge in [-0.1, -0.05) is 0 Å². The zero-order valence-electron chi connectivity index (χ0n) is 14.8. The number of rotatable bonds is 6. The van der Waals surface area contributed by atoms with E-state index in [0.29, 0.717) is 5.75 Å². The minimum Gasteiger partial charge on any atom is -0.456 e. The van der Waals surface area contributed by atoms with Crippen LogP contribution in [0.4, 0.5) is 5.13 Å². The highest BCUT2D eigenvalue weighted by Gasteiger charge is 2.18. The van der Waals surface area contributed by atoms with E-state index < -0.39 is 10.0 Å². The first-order chi connectivity index (χ1) is 14.0. The highest BCUT2D eigenvalue weighted by Crippen LogP contribution is 2.28. The lowest BCUT2D eigenvalue weighted by Crippen LogP contribution is -2.13. The maximum Gasteiger partial charge on any atom is 0.263 e. The summed E-state index contributed by atoms with van der Waals surface area (Å²) in [5.74, 6) is 0.765. The van der Waals surface area contributed by atoms with E-state index in [1.165, 1.54) is 24.4 Å². The molecule has 0 amide bonds. The summed E-state index contributed by atoms with van der Waals surface area (Å²) in [5.41, 5.74) is 0.959. The molecule has 2 aromatic carbocycles. The molecule has 10 heteroatoms. The Labute approximate surface area is 170 Å². The molecule has 0 spiro atoms. The van der Waals surface area contributed by atoms with Crippen molar-refractivity contribution in [2.45, 2.75) is 4.90 Å².